The molecule has 10 heteroatoms. The van der Waals surface area contributed by atoms with Gasteiger partial charge in [-0.2, -0.15) is 23.4 Å². The van der Waals surface area contributed by atoms with Crippen LogP contribution >= 0.6 is 0 Å². The van der Waals surface area contributed by atoms with Gasteiger partial charge in [0, 0.05) is 6.04 Å². The van der Waals surface area contributed by atoms with Crippen LogP contribution in [-0.4, -0.2) is 25.5 Å². The number of hydrogen-bond acceptors (Lipinski definition) is 4. The maximum atomic E-state index is 12.7. The van der Waals surface area contributed by atoms with Crippen LogP contribution in [-0.2, 0) is 17.5 Å². The molecule has 1 unspecified atom stereocenters. The van der Waals surface area contributed by atoms with E-state index in [4.69, 9.17) is 0 Å². The number of nitrogens with one attached hydrogen (secondary N) is 1. The van der Waals surface area contributed by atoms with Crippen molar-refractivity contribution in [2.45, 2.75) is 52.5 Å². The Morgan fingerprint density at radius 3 is 2.37 bits per heavy atom. The Balaban J connectivity index is 1.77. The average molecular weight is 421 g/mol. The number of rotatable bonds is 5. The fourth-order valence-corrected chi connectivity index (χ4v) is 3.26. The number of nitrogens with zero attached hydrogens (tertiary/aromatic N) is 4. The van der Waals surface area contributed by atoms with E-state index in [1.165, 1.54) is 18.3 Å². The molecule has 7 nitrogen and oxygen atoms in total. The third-order valence-electron chi connectivity index (χ3n) is 4.77. The van der Waals surface area contributed by atoms with E-state index >= 15 is 0 Å². The standard InChI is InChI=1S/C20H22F3N5O2/c1-11(2)28-18-13(4)26-27(19(30)16(18)9-24-28)10-17(29)25-12(3)14-5-7-15(8-6-14)20(21,22)23/h5-9,11-12H,10H2,1-4H3,(H,25,29). The van der Waals surface area contributed by atoms with Crippen LogP contribution in [0.4, 0.5) is 13.2 Å². The van der Waals surface area contributed by atoms with Crippen LogP contribution in [0.2, 0.25) is 0 Å². The summed E-state index contributed by atoms with van der Waals surface area (Å²) >= 11 is 0. The molecule has 30 heavy (non-hydrogen) atoms. The summed E-state index contributed by atoms with van der Waals surface area (Å²) in [7, 11) is 0. The molecule has 0 bridgehead atoms. The minimum atomic E-state index is -4.42. The van der Waals surface area contributed by atoms with E-state index in [0.717, 1.165) is 16.8 Å². The van der Waals surface area contributed by atoms with Gasteiger partial charge in [0.25, 0.3) is 5.56 Å². The number of amides is 1. The summed E-state index contributed by atoms with van der Waals surface area (Å²) in [6.45, 7) is 6.95. The second kappa shape index (κ2) is 7.92. The number of halogens is 3. The first-order valence-corrected chi connectivity index (χ1v) is 9.40. The molecule has 0 aliphatic rings. The summed E-state index contributed by atoms with van der Waals surface area (Å²) in [5, 5.41) is 11.5. The lowest BCUT2D eigenvalue weighted by molar-refractivity contribution is -0.137. The summed E-state index contributed by atoms with van der Waals surface area (Å²) in [5.74, 6) is -0.480. The molecule has 2 aromatic heterocycles. The van der Waals surface area contributed by atoms with Crippen molar-refractivity contribution in [1.29, 1.82) is 0 Å². The van der Waals surface area contributed by atoms with Crippen LogP contribution in [0.1, 0.15) is 49.7 Å². The molecule has 2 heterocycles. The van der Waals surface area contributed by atoms with Gasteiger partial charge in [0.15, 0.2) is 0 Å². The molecule has 0 aliphatic carbocycles. The Kier molecular flexibility index (Phi) is 5.69. The maximum Gasteiger partial charge on any atom is 0.416 e. The monoisotopic (exact) mass is 421 g/mol. The molecule has 0 aliphatic heterocycles. The molecule has 1 amide bonds. The highest BCUT2D eigenvalue weighted by atomic mass is 19.4. The first kappa shape index (κ1) is 21.5. The normalized spacial score (nSPS) is 13.1. The molecular weight excluding hydrogens is 399 g/mol. The lowest BCUT2D eigenvalue weighted by Crippen LogP contribution is -2.35. The summed E-state index contributed by atoms with van der Waals surface area (Å²) in [6, 6.07) is 4.07. The number of benzene rings is 1. The van der Waals surface area contributed by atoms with Crippen molar-refractivity contribution in [3.8, 4) is 0 Å². The Morgan fingerprint density at radius 1 is 1.17 bits per heavy atom. The number of fused-ring (bicyclic) bond motifs is 1. The SMILES string of the molecule is Cc1nn(CC(=O)NC(C)c2ccc(C(F)(F)F)cc2)c(=O)c2cnn(C(C)C)c12. The van der Waals surface area contributed by atoms with Crippen LogP contribution in [0.3, 0.4) is 0 Å². The highest BCUT2D eigenvalue weighted by Crippen LogP contribution is 2.29. The number of alkyl halides is 3. The van der Waals surface area contributed by atoms with Crippen molar-refractivity contribution >= 4 is 16.8 Å². The predicted octanol–water partition coefficient (Wildman–Crippen LogP) is 3.38. The zero-order valence-electron chi connectivity index (χ0n) is 17.0. The number of hydrogen-bond donors (Lipinski definition) is 1. The highest BCUT2D eigenvalue weighted by molar-refractivity contribution is 5.80. The molecule has 0 radical (unpaired) electrons. The fraction of sp³-hybridized carbons (Fsp3) is 0.400. The van der Waals surface area contributed by atoms with Gasteiger partial charge >= 0.3 is 6.18 Å². The van der Waals surface area contributed by atoms with Gasteiger partial charge in [0.05, 0.1) is 34.4 Å². The third-order valence-corrected chi connectivity index (χ3v) is 4.77. The maximum absolute atomic E-state index is 12.7. The fourth-order valence-electron chi connectivity index (χ4n) is 3.26. The van der Waals surface area contributed by atoms with Gasteiger partial charge in [-0.15, -0.1) is 0 Å². The molecule has 3 aromatic rings. The van der Waals surface area contributed by atoms with Gasteiger partial charge in [-0.1, -0.05) is 12.1 Å². The number of aryl methyl sites for hydroxylation is 1. The van der Waals surface area contributed by atoms with Gasteiger partial charge in [-0.25, -0.2) is 4.68 Å². The van der Waals surface area contributed by atoms with Crippen molar-refractivity contribution in [3.63, 3.8) is 0 Å². The van der Waals surface area contributed by atoms with Crippen molar-refractivity contribution < 1.29 is 18.0 Å². The molecule has 0 spiro atoms. The second-order valence-corrected chi connectivity index (χ2v) is 7.40. The summed E-state index contributed by atoms with van der Waals surface area (Å²) in [4.78, 5) is 25.1. The van der Waals surface area contributed by atoms with E-state index in [2.05, 4.69) is 15.5 Å². The molecule has 1 aromatic carbocycles. The average Bonchev–Trinajstić information content (AvgIpc) is 3.11. The lowest BCUT2D eigenvalue weighted by Gasteiger charge is -2.16. The minimum Gasteiger partial charge on any atom is -0.348 e. The molecule has 1 N–H and O–H groups in total. The number of carbonyl (C=O) groups excluding carboxylic acids is 1. The Bertz CT molecular complexity index is 1130. The summed E-state index contributed by atoms with van der Waals surface area (Å²) in [6.07, 6.45) is -2.96. The molecule has 0 saturated heterocycles. The van der Waals surface area contributed by atoms with E-state index in [1.54, 1.807) is 18.5 Å². The zero-order valence-corrected chi connectivity index (χ0v) is 17.0. The van der Waals surface area contributed by atoms with Crippen LogP contribution in [0.25, 0.3) is 10.9 Å². The third kappa shape index (κ3) is 4.22. The number of aromatic nitrogens is 4. The van der Waals surface area contributed by atoms with E-state index in [-0.39, 0.29) is 12.6 Å². The van der Waals surface area contributed by atoms with Gasteiger partial charge in [-0.3, -0.25) is 14.3 Å². The lowest BCUT2D eigenvalue weighted by atomic mass is 10.1. The van der Waals surface area contributed by atoms with Gasteiger partial charge in [-0.05, 0) is 45.4 Å². The zero-order chi connectivity index (χ0) is 22.2. The van der Waals surface area contributed by atoms with Crippen molar-refractivity contribution in [2.75, 3.05) is 0 Å². The topological polar surface area (TPSA) is 81.8 Å². The molecule has 1 atom stereocenters. The van der Waals surface area contributed by atoms with Crippen LogP contribution < -0.4 is 10.9 Å². The van der Waals surface area contributed by atoms with Crippen molar-refractivity contribution in [2.24, 2.45) is 0 Å². The highest BCUT2D eigenvalue weighted by Gasteiger charge is 2.30. The molecule has 0 saturated carbocycles. The molecule has 160 valence electrons. The van der Waals surface area contributed by atoms with Gasteiger partial charge in [0.2, 0.25) is 5.91 Å². The van der Waals surface area contributed by atoms with E-state index in [0.29, 0.717) is 22.2 Å². The summed E-state index contributed by atoms with van der Waals surface area (Å²) < 4.78 is 40.8. The van der Waals surface area contributed by atoms with Crippen LogP contribution in [0.5, 0.6) is 0 Å². The first-order chi connectivity index (χ1) is 14.0. The Hall–Kier alpha value is -3.17. The summed E-state index contributed by atoms with van der Waals surface area (Å²) in [5.41, 5.74) is 0.525. The molecule has 0 fully saturated rings. The van der Waals surface area contributed by atoms with Gasteiger partial charge < -0.3 is 5.32 Å². The minimum absolute atomic E-state index is 0.0473. The van der Waals surface area contributed by atoms with Crippen molar-refractivity contribution in [3.05, 3.63) is 57.6 Å². The van der Waals surface area contributed by atoms with Crippen LogP contribution in [0.15, 0.2) is 35.3 Å². The first-order valence-electron chi connectivity index (χ1n) is 9.40. The largest absolute Gasteiger partial charge is 0.416 e. The Labute approximate surface area is 170 Å². The number of carbonyl (C=O) groups is 1. The van der Waals surface area contributed by atoms with E-state index in [9.17, 15) is 22.8 Å². The predicted molar refractivity (Wildman–Crippen MR) is 105 cm³/mol. The van der Waals surface area contributed by atoms with E-state index < -0.39 is 29.2 Å². The molecule has 3 rings (SSSR count). The molecular formula is C20H22F3N5O2. The quantitative estimate of drug-likeness (QED) is 0.685. The van der Waals surface area contributed by atoms with Crippen molar-refractivity contribution in [1.82, 2.24) is 24.9 Å². The van der Waals surface area contributed by atoms with E-state index in [1.807, 2.05) is 13.8 Å². The smallest absolute Gasteiger partial charge is 0.348 e. The second-order valence-electron chi connectivity index (χ2n) is 7.40. The Morgan fingerprint density at radius 2 is 1.80 bits per heavy atom. The van der Waals surface area contributed by atoms with Crippen LogP contribution in [0, 0.1) is 6.92 Å². The van der Waals surface area contributed by atoms with Gasteiger partial charge in [0.1, 0.15) is 6.54 Å².